The van der Waals surface area contributed by atoms with Crippen LogP contribution in [0.5, 0.6) is 0 Å². The second-order valence-corrected chi connectivity index (χ2v) is 3.69. The van der Waals surface area contributed by atoms with Gasteiger partial charge in [-0.05, 0) is 12.8 Å². The van der Waals surface area contributed by atoms with Crippen LogP contribution in [0.15, 0.2) is 0 Å². The van der Waals surface area contributed by atoms with Gasteiger partial charge in [0.05, 0.1) is 0 Å². The zero-order valence-electron chi connectivity index (χ0n) is 8.94. The highest BCUT2D eigenvalue weighted by atomic mass is 16.5. The summed E-state index contributed by atoms with van der Waals surface area (Å²) in [7, 11) is 0. The molecule has 0 spiro atoms. The Morgan fingerprint density at radius 3 is 2.62 bits per heavy atom. The molecule has 1 aliphatic heterocycles. The van der Waals surface area contributed by atoms with E-state index in [-0.39, 0.29) is 18.6 Å². The number of amides is 2. The fourth-order valence-corrected chi connectivity index (χ4v) is 1.37. The van der Waals surface area contributed by atoms with Crippen LogP contribution < -0.4 is 16.4 Å². The molecule has 92 valence electrons. The average molecular weight is 231 g/mol. The van der Waals surface area contributed by atoms with Gasteiger partial charge in [0.25, 0.3) is 0 Å². The van der Waals surface area contributed by atoms with Crippen molar-refractivity contribution in [3.8, 4) is 0 Å². The van der Waals surface area contributed by atoms with Crippen molar-refractivity contribution < 1.29 is 19.4 Å². The molecule has 5 N–H and O–H groups in total. The summed E-state index contributed by atoms with van der Waals surface area (Å²) in [6.45, 7) is 1.20. The van der Waals surface area contributed by atoms with Gasteiger partial charge < -0.3 is 26.2 Å². The van der Waals surface area contributed by atoms with Crippen molar-refractivity contribution in [3.05, 3.63) is 0 Å². The zero-order valence-corrected chi connectivity index (χ0v) is 8.94. The fourth-order valence-electron chi connectivity index (χ4n) is 1.37. The summed E-state index contributed by atoms with van der Waals surface area (Å²) in [5.41, 5.74) is 5.24. The second kappa shape index (κ2) is 6.29. The van der Waals surface area contributed by atoms with Gasteiger partial charge in [-0.15, -0.1) is 0 Å². The Balaban J connectivity index is 2.17. The third-order valence-corrected chi connectivity index (χ3v) is 2.36. The molecule has 1 unspecified atom stereocenters. The molecular weight excluding hydrogens is 214 g/mol. The summed E-state index contributed by atoms with van der Waals surface area (Å²) >= 11 is 0. The normalized spacial score (nSPS) is 18.8. The topological polar surface area (TPSA) is 114 Å². The molecule has 1 atom stereocenters. The zero-order chi connectivity index (χ0) is 12.0. The Hall–Kier alpha value is -1.34. The third kappa shape index (κ3) is 4.45. The highest BCUT2D eigenvalue weighted by Gasteiger charge is 2.17. The molecule has 1 rings (SSSR count). The average Bonchev–Trinajstić information content (AvgIpc) is 2.27. The van der Waals surface area contributed by atoms with Gasteiger partial charge in [0, 0.05) is 25.8 Å². The van der Waals surface area contributed by atoms with Crippen LogP contribution in [-0.4, -0.2) is 48.9 Å². The van der Waals surface area contributed by atoms with Gasteiger partial charge in [-0.1, -0.05) is 0 Å². The summed E-state index contributed by atoms with van der Waals surface area (Å²) in [5, 5.41) is 13.7. The molecule has 0 bridgehead atoms. The number of hydrogen-bond donors (Lipinski definition) is 4. The van der Waals surface area contributed by atoms with Crippen molar-refractivity contribution in [2.75, 3.05) is 19.8 Å². The highest BCUT2D eigenvalue weighted by Crippen LogP contribution is 2.05. The van der Waals surface area contributed by atoms with E-state index in [0.29, 0.717) is 13.2 Å². The quantitative estimate of drug-likeness (QED) is 0.489. The molecule has 0 aromatic carbocycles. The van der Waals surface area contributed by atoms with Crippen molar-refractivity contribution in [1.29, 1.82) is 0 Å². The van der Waals surface area contributed by atoms with Crippen LogP contribution in [-0.2, 0) is 9.53 Å². The van der Waals surface area contributed by atoms with Gasteiger partial charge in [0.15, 0.2) is 0 Å². The number of nitrogens with two attached hydrogens (primary N) is 1. The van der Waals surface area contributed by atoms with Gasteiger partial charge in [-0.3, -0.25) is 4.79 Å². The van der Waals surface area contributed by atoms with Crippen LogP contribution in [0.1, 0.15) is 12.8 Å². The summed E-state index contributed by atoms with van der Waals surface area (Å²) in [6, 6.07) is -1.36. The molecule has 1 heterocycles. The van der Waals surface area contributed by atoms with E-state index in [2.05, 4.69) is 10.6 Å². The van der Waals surface area contributed by atoms with Gasteiger partial charge in [-0.2, -0.15) is 0 Å². The number of carbonyl (C=O) groups excluding carboxylic acids is 1. The number of carbonyl (C=O) groups is 2. The van der Waals surface area contributed by atoms with E-state index < -0.39 is 12.0 Å². The van der Waals surface area contributed by atoms with E-state index in [1.165, 1.54) is 0 Å². The summed E-state index contributed by atoms with van der Waals surface area (Å²) < 4.78 is 5.14. The van der Waals surface area contributed by atoms with Gasteiger partial charge in [-0.25, -0.2) is 4.79 Å². The Kier molecular flexibility index (Phi) is 5.00. The van der Waals surface area contributed by atoms with Gasteiger partial charge in [0.1, 0.15) is 6.04 Å². The first-order valence-corrected chi connectivity index (χ1v) is 5.20. The van der Waals surface area contributed by atoms with Crippen LogP contribution in [0, 0.1) is 0 Å². The van der Waals surface area contributed by atoms with Crippen LogP contribution >= 0.6 is 0 Å². The molecule has 0 radical (unpaired) electrons. The minimum absolute atomic E-state index is 0.0790. The Bertz CT molecular complexity index is 253. The number of aliphatic carboxylic acids is 1. The summed E-state index contributed by atoms with van der Waals surface area (Å²) in [4.78, 5) is 21.7. The smallest absolute Gasteiger partial charge is 0.322 e. The molecule has 0 aliphatic carbocycles. The Morgan fingerprint density at radius 1 is 1.44 bits per heavy atom. The number of nitrogens with one attached hydrogen (secondary N) is 2. The summed E-state index contributed by atoms with van der Waals surface area (Å²) in [6.07, 6.45) is 1.55. The number of rotatable bonds is 4. The molecule has 7 heteroatoms. The van der Waals surface area contributed by atoms with E-state index in [1.54, 1.807) is 0 Å². The van der Waals surface area contributed by atoms with Gasteiger partial charge in [0.2, 0.25) is 0 Å². The maximum absolute atomic E-state index is 11.3. The van der Waals surface area contributed by atoms with E-state index in [0.717, 1.165) is 12.8 Å². The molecule has 2 amide bonds. The summed E-state index contributed by atoms with van der Waals surface area (Å²) in [5.74, 6) is -1.13. The lowest BCUT2D eigenvalue weighted by Crippen LogP contribution is -2.49. The van der Waals surface area contributed by atoms with Crippen LogP contribution in [0.3, 0.4) is 0 Å². The van der Waals surface area contributed by atoms with Crippen molar-refractivity contribution >= 4 is 12.0 Å². The lowest BCUT2D eigenvalue weighted by atomic mass is 10.1. The lowest BCUT2D eigenvalue weighted by Gasteiger charge is -2.23. The van der Waals surface area contributed by atoms with E-state index in [4.69, 9.17) is 15.6 Å². The van der Waals surface area contributed by atoms with Crippen LogP contribution in [0.2, 0.25) is 0 Å². The van der Waals surface area contributed by atoms with Crippen LogP contribution in [0.25, 0.3) is 0 Å². The largest absolute Gasteiger partial charge is 0.480 e. The standard InChI is InChI=1S/C9H17N3O4/c10-7(8(13)14)5-11-9(15)12-6-1-3-16-4-2-6/h6-7H,1-5,10H2,(H,13,14)(H2,11,12,15). The van der Waals surface area contributed by atoms with Crippen molar-refractivity contribution in [3.63, 3.8) is 0 Å². The third-order valence-electron chi connectivity index (χ3n) is 2.36. The number of urea groups is 1. The predicted octanol–water partition coefficient (Wildman–Crippen LogP) is -1.12. The minimum Gasteiger partial charge on any atom is -0.480 e. The minimum atomic E-state index is -1.13. The molecule has 0 aromatic rings. The molecule has 0 aromatic heterocycles. The van der Waals surface area contributed by atoms with E-state index in [9.17, 15) is 9.59 Å². The SMILES string of the molecule is NC(CNC(=O)NC1CCOCC1)C(=O)O. The molecule has 0 saturated carbocycles. The first-order chi connectivity index (χ1) is 7.59. The highest BCUT2D eigenvalue weighted by molar-refractivity contribution is 5.77. The van der Waals surface area contributed by atoms with Crippen molar-refractivity contribution in [2.24, 2.45) is 5.73 Å². The molecule has 1 fully saturated rings. The second-order valence-electron chi connectivity index (χ2n) is 3.69. The number of carboxylic acids is 1. The number of ether oxygens (including phenoxy) is 1. The maximum Gasteiger partial charge on any atom is 0.322 e. The maximum atomic E-state index is 11.3. The molecule has 1 aliphatic rings. The van der Waals surface area contributed by atoms with Gasteiger partial charge >= 0.3 is 12.0 Å². The fraction of sp³-hybridized carbons (Fsp3) is 0.778. The number of carboxylic acid groups (broad SMARTS) is 1. The van der Waals surface area contributed by atoms with Crippen LogP contribution in [0.4, 0.5) is 4.79 Å². The van der Waals surface area contributed by atoms with Crippen molar-refractivity contribution in [2.45, 2.75) is 24.9 Å². The lowest BCUT2D eigenvalue weighted by molar-refractivity contribution is -0.138. The molecule has 16 heavy (non-hydrogen) atoms. The first kappa shape index (κ1) is 12.7. The Labute approximate surface area is 93.3 Å². The molecule has 1 saturated heterocycles. The monoisotopic (exact) mass is 231 g/mol. The van der Waals surface area contributed by atoms with Crippen molar-refractivity contribution in [1.82, 2.24) is 10.6 Å². The van der Waals surface area contributed by atoms with E-state index in [1.807, 2.05) is 0 Å². The Morgan fingerprint density at radius 2 is 2.06 bits per heavy atom. The predicted molar refractivity (Wildman–Crippen MR) is 56.0 cm³/mol. The van der Waals surface area contributed by atoms with E-state index >= 15 is 0 Å². The number of hydrogen-bond acceptors (Lipinski definition) is 4. The molecule has 7 nitrogen and oxygen atoms in total. The first-order valence-electron chi connectivity index (χ1n) is 5.20. The molecular formula is C9H17N3O4.